The van der Waals surface area contributed by atoms with Crippen molar-refractivity contribution >= 4 is 62.1 Å². The molecular weight excluding hydrogens is 456 g/mol. The van der Waals surface area contributed by atoms with Crippen molar-refractivity contribution in [1.82, 2.24) is 9.80 Å². The number of likely N-dealkylation sites (tertiary alicyclic amines) is 1. The minimum atomic E-state index is -0.0631. The van der Waals surface area contributed by atoms with E-state index in [1.807, 2.05) is 35.2 Å². The number of amides is 2. The average molecular weight is 481 g/mol. The van der Waals surface area contributed by atoms with Gasteiger partial charge in [0.25, 0.3) is 5.91 Å². The number of halogens is 1. The average Bonchev–Trinajstić information content (AvgIpc) is 2.95. The van der Waals surface area contributed by atoms with Crippen LogP contribution >= 0.6 is 39.9 Å². The lowest BCUT2D eigenvalue weighted by Crippen LogP contribution is -2.43. The maximum absolute atomic E-state index is 12.7. The van der Waals surface area contributed by atoms with Gasteiger partial charge in [-0.15, -0.1) is 0 Å². The molecule has 1 aromatic carbocycles. The van der Waals surface area contributed by atoms with Gasteiger partial charge < -0.3 is 4.90 Å². The number of piperidine rings is 1. The van der Waals surface area contributed by atoms with E-state index in [0.717, 1.165) is 35.8 Å². The summed E-state index contributed by atoms with van der Waals surface area (Å²) in [5.74, 6) is 0.147. The normalized spacial score (nSPS) is 21.6. The van der Waals surface area contributed by atoms with Crippen molar-refractivity contribution in [2.75, 3.05) is 13.1 Å². The molecule has 0 saturated carbocycles. The topological polar surface area (TPSA) is 40.6 Å². The number of carbonyl (C=O) groups is 2. The zero-order valence-corrected chi connectivity index (χ0v) is 19.2. The lowest BCUT2D eigenvalue weighted by atomic mass is 9.99. The van der Waals surface area contributed by atoms with Crippen molar-refractivity contribution in [3.63, 3.8) is 0 Å². The smallest absolute Gasteiger partial charge is 0.266 e. The zero-order valence-electron chi connectivity index (χ0n) is 16.0. The second kappa shape index (κ2) is 10.0. The Morgan fingerprint density at radius 1 is 1.39 bits per heavy atom. The first kappa shape index (κ1) is 21.5. The Morgan fingerprint density at radius 2 is 2.21 bits per heavy atom. The molecule has 3 rings (SSSR count). The molecule has 1 aromatic rings. The Balaban J connectivity index is 1.55. The number of hydrogen-bond acceptors (Lipinski definition) is 4. The summed E-state index contributed by atoms with van der Waals surface area (Å²) in [6.07, 6.45) is 7.41. The van der Waals surface area contributed by atoms with Gasteiger partial charge in [-0.1, -0.05) is 59.0 Å². The van der Waals surface area contributed by atoms with Crippen molar-refractivity contribution in [1.29, 1.82) is 0 Å². The number of hydrogen-bond donors (Lipinski definition) is 0. The molecule has 2 heterocycles. The summed E-state index contributed by atoms with van der Waals surface area (Å²) in [5, 5.41) is 0. The first-order valence-corrected chi connectivity index (χ1v) is 11.8. The third kappa shape index (κ3) is 5.24. The Labute approximate surface area is 184 Å². The fourth-order valence-corrected chi connectivity index (χ4v) is 5.45. The molecule has 2 aliphatic heterocycles. The van der Waals surface area contributed by atoms with Gasteiger partial charge in [-0.25, -0.2) is 0 Å². The van der Waals surface area contributed by atoms with E-state index in [1.165, 1.54) is 18.2 Å². The molecule has 1 unspecified atom stereocenters. The van der Waals surface area contributed by atoms with Crippen molar-refractivity contribution in [2.24, 2.45) is 0 Å². The van der Waals surface area contributed by atoms with Crippen LogP contribution in [0.4, 0.5) is 0 Å². The zero-order chi connectivity index (χ0) is 20.1. The van der Waals surface area contributed by atoms with E-state index in [4.69, 9.17) is 12.2 Å². The Kier molecular flexibility index (Phi) is 7.71. The minimum Gasteiger partial charge on any atom is -0.340 e. The largest absolute Gasteiger partial charge is 0.340 e. The lowest BCUT2D eigenvalue weighted by molar-refractivity contribution is -0.135. The summed E-state index contributed by atoms with van der Waals surface area (Å²) in [7, 11) is 0. The van der Waals surface area contributed by atoms with Gasteiger partial charge in [0.2, 0.25) is 5.91 Å². The summed E-state index contributed by atoms with van der Waals surface area (Å²) in [4.78, 5) is 29.6. The Hall–Kier alpha value is -1.18. The van der Waals surface area contributed by atoms with Crippen LogP contribution in [0.5, 0.6) is 0 Å². The highest BCUT2D eigenvalue weighted by atomic mass is 79.9. The monoisotopic (exact) mass is 480 g/mol. The second-order valence-corrected chi connectivity index (χ2v) is 9.73. The molecule has 2 saturated heterocycles. The van der Waals surface area contributed by atoms with Gasteiger partial charge in [0.1, 0.15) is 4.32 Å². The van der Waals surface area contributed by atoms with E-state index in [2.05, 4.69) is 22.9 Å². The molecule has 2 amide bonds. The van der Waals surface area contributed by atoms with Crippen LogP contribution < -0.4 is 0 Å². The van der Waals surface area contributed by atoms with Crippen molar-refractivity contribution in [2.45, 2.75) is 51.5 Å². The van der Waals surface area contributed by atoms with Crippen LogP contribution in [0.2, 0.25) is 0 Å². The molecule has 1 atom stereocenters. The van der Waals surface area contributed by atoms with Gasteiger partial charge in [0.15, 0.2) is 0 Å². The van der Waals surface area contributed by atoms with Gasteiger partial charge in [0, 0.05) is 30.0 Å². The summed E-state index contributed by atoms with van der Waals surface area (Å²) in [6.45, 7) is 3.51. The predicted molar refractivity (Wildman–Crippen MR) is 123 cm³/mol. The molecule has 7 heteroatoms. The number of benzene rings is 1. The molecule has 4 nitrogen and oxygen atoms in total. The summed E-state index contributed by atoms with van der Waals surface area (Å²) in [5.41, 5.74) is 0.959. The first-order chi connectivity index (χ1) is 13.5. The summed E-state index contributed by atoms with van der Waals surface area (Å²) < 4.78 is 1.54. The molecule has 0 spiro atoms. The number of thioether (sulfide) groups is 1. The van der Waals surface area contributed by atoms with E-state index in [-0.39, 0.29) is 11.8 Å². The summed E-state index contributed by atoms with van der Waals surface area (Å²) in [6, 6.07) is 8.19. The minimum absolute atomic E-state index is 0.0631. The van der Waals surface area contributed by atoms with Crippen LogP contribution in [-0.4, -0.2) is 45.1 Å². The molecular formula is C21H25BrN2O2S2. The van der Waals surface area contributed by atoms with Crippen LogP contribution in [0.3, 0.4) is 0 Å². The molecule has 0 aromatic heterocycles. The molecule has 2 aliphatic rings. The standard InChI is InChI=1S/C21H25BrN2O2S2/c1-2-17-9-3-4-11-23(17)19(25)10-6-12-24-20(26)18(28-21(24)27)14-15-7-5-8-16(22)13-15/h5,7-8,13-14,17H,2-4,6,9-12H2,1H3/b18-14-. The molecule has 0 radical (unpaired) electrons. The molecule has 0 bridgehead atoms. The van der Waals surface area contributed by atoms with E-state index in [0.29, 0.717) is 34.7 Å². The highest BCUT2D eigenvalue weighted by molar-refractivity contribution is 9.10. The number of nitrogens with zero attached hydrogens (tertiary/aromatic N) is 2. The van der Waals surface area contributed by atoms with Gasteiger partial charge >= 0.3 is 0 Å². The van der Waals surface area contributed by atoms with Gasteiger partial charge in [0.05, 0.1) is 4.91 Å². The van der Waals surface area contributed by atoms with Crippen LogP contribution in [0.25, 0.3) is 6.08 Å². The highest BCUT2D eigenvalue weighted by Gasteiger charge is 2.32. The Morgan fingerprint density at radius 3 is 2.96 bits per heavy atom. The van der Waals surface area contributed by atoms with Crippen molar-refractivity contribution in [3.05, 3.63) is 39.2 Å². The van der Waals surface area contributed by atoms with Crippen molar-refractivity contribution in [3.8, 4) is 0 Å². The number of carbonyl (C=O) groups excluding carboxylic acids is 2. The second-order valence-electron chi connectivity index (χ2n) is 7.14. The molecule has 0 aliphatic carbocycles. The fraction of sp³-hybridized carbons (Fsp3) is 0.476. The molecule has 0 N–H and O–H groups in total. The van der Waals surface area contributed by atoms with Gasteiger partial charge in [-0.2, -0.15) is 0 Å². The fourth-order valence-electron chi connectivity index (χ4n) is 3.73. The molecule has 28 heavy (non-hydrogen) atoms. The maximum Gasteiger partial charge on any atom is 0.266 e. The number of thiocarbonyl (C=S) groups is 1. The predicted octanol–water partition coefficient (Wildman–Crippen LogP) is 5.22. The quantitative estimate of drug-likeness (QED) is 0.413. The lowest BCUT2D eigenvalue weighted by Gasteiger charge is -2.35. The number of rotatable bonds is 6. The highest BCUT2D eigenvalue weighted by Crippen LogP contribution is 2.33. The molecule has 150 valence electrons. The van der Waals surface area contributed by atoms with Gasteiger partial charge in [-0.05, 0) is 55.9 Å². The SMILES string of the molecule is CCC1CCCCN1C(=O)CCCN1C(=O)/C(=C/c2cccc(Br)c2)SC1=S. The third-order valence-electron chi connectivity index (χ3n) is 5.21. The van der Waals surface area contributed by atoms with E-state index < -0.39 is 0 Å². The van der Waals surface area contributed by atoms with Gasteiger partial charge in [-0.3, -0.25) is 14.5 Å². The van der Waals surface area contributed by atoms with Crippen LogP contribution in [0.15, 0.2) is 33.6 Å². The van der Waals surface area contributed by atoms with Crippen LogP contribution in [0, 0.1) is 0 Å². The maximum atomic E-state index is 12.7. The Bertz CT molecular complexity index is 796. The molecule has 2 fully saturated rings. The van der Waals surface area contributed by atoms with E-state index in [1.54, 1.807) is 4.90 Å². The van der Waals surface area contributed by atoms with Crippen LogP contribution in [-0.2, 0) is 9.59 Å². The third-order valence-corrected chi connectivity index (χ3v) is 7.08. The summed E-state index contributed by atoms with van der Waals surface area (Å²) >= 11 is 10.2. The van der Waals surface area contributed by atoms with Crippen molar-refractivity contribution < 1.29 is 9.59 Å². The van der Waals surface area contributed by atoms with E-state index in [9.17, 15) is 9.59 Å². The first-order valence-electron chi connectivity index (χ1n) is 9.80. The van der Waals surface area contributed by atoms with Crippen LogP contribution in [0.1, 0.15) is 51.0 Å². The van der Waals surface area contributed by atoms with E-state index >= 15 is 0 Å².